The van der Waals surface area contributed by atoms with Gasteiger partial charge in [-0.25, -0.2) is 0 Å². The first kappa shape index (κ1) is 21.8. The van der Waals surface area contributed by atoms with Crippen LogP contribution in [0.3, 0.4) is 0 Å². The van der Waals surface area contributed by atoms with Crippen molar-refractivity contribution in [3.8, 4) is 17.1 Å². The minimum Gasteiger partial charge on any atom is -0.497 e. The standard InChI is InChI=1S/C24H34N4O3/c1-30-21-13-11-18(12-14-21)24-26-23(31-27-24)10-6-9-22(29)25-19-15-16-28(17-19)20-7-4-2-3-5-8-20/h11-14,19-20H,2-10,15-17H2,1H3,(H,25,29). The molecule has 1 amide bonds. The largest absolute Gasteiger partial charge is 0.497 e. The Bertz CT molecular complexity index is 828. The lowest BCUT2D eigenvalue weighted by Crippen LogP contribution is -2.39. The molecule has 2 aromatic rings. The molecule has 2 fully saturated rings. The quantitative estimate of drug-likeness (QED) is 0.643. The van der Waals surface area contributed by atoms with Crippen LogP contribution in [0.5, 0.6) is 5.75 Å². The molecule has 31 heavy (non-hydrogen) atoms. The average molecular weight is 427 g/mol. The van der Waals surface area contributed by atoms with Crippen LogP contribution >= 0.6 is 0 Å². The van der Waals surface area contributed by atoms with E-state index in [-0.39, 0.29) is 5.91 Å². The molecular formula is C24H34N4O3. The Labute approximate surface area is 184 Å². The van der Waals surface area contributed by atoms with E-state index in [4.69, 9.17) is 9.26 Å². The van der Waals surface area contributed by atoms with Crippen LogP contribution in [0.2, 0.25) is 0 Å². The second-order valence-electron chi connectivity index (χ2n) is 8.79. The van der Waals surface area contributed by atoms with Crippen molar-refractivity contribution in [1.29, 1.82) is 0 Å². The lowest BCUT2D eigenvalue weighted by Gasteiger charge is -2.26. The number of hydrogen-bond donors (Lipinski definition) is 1. The summed E-state index contributed by atoms with van der Waals surface area (Å²) in [5.74, 6) is 2.05. The van der Waals surface area contributed by atoms with Gasteiger partial charge in [0.05, 0.1) is 7.11 Å². The van der Waals surface area contributed by atoms with Gasteiger partial charge in [0, 0.05) is 43.6 Å². The fourth-order valence-corrected chi connectivity index (χ4v) is 4.77. The van der Waals surface area contributed by atoms with Crippen LogP contribution in [0.25, 0.3) is 11.4 Å². The number of likely N-dealkylation sites (tertiary alicyclic amines) is 1. The maximum Gasteiger partial charge on any atom is 0.226 e. The number of nitrogens with zero attached hydrogens (tertiary/aromatic N) is 3. The van der Waals surface area contributed by atoms with Crippen molar-refractivity contribution in [3.05, 3.63) is 30.2 Å². The number of carbonyl (C=O) groups is 1. The van der Waals surface area contributed by atoms with Gasteiger partial charge >= 0.3 is 0 Å². The highest BCUT2D eigenvalue weighted by Crippen LogP contribution is 2.25. The lowest BCUT2D eigenvalue weighted by molar-refractivity contribution is -0.121. The van der Waals surface area contributed by atoms with Crippen molar-refractivity contribution in [2.45, 2.75) is 76.3 Å². The smallest absolute Gasteiger partial charge is 0.226 e. The summed E-state index contributed by atoms with van der Waals surface area (Å²) < 4.78 is 10.5. The summed E-state index contributed by atoms with van der Waals surface area (Å²) in [4.78, 5) is 19.5. The Morgan fingerprint density at radius 3 is 2.68 bits per heavy atom. The van der Waals surface area contributed by atoms with Gasteiger partial charge in [0.1, 0.15) is 5.75 Å². The number of hydrogen-bond acceptors (Lipinski definition) is 6. The summed E-state index contributed by atoms with van der Waals surface area (Å²) in [6.07, 6.45) is 11.0. The fourth-order valence-electron chi connectivity index (χ4n) is 4.77. The highest BCUT2D eigenvalue weighted by atomic mass is 16.5. The van der Waals surface area contributed by atoms with E-state index in [1.165, 1.54) is 38.5 Å². The molecule has 2 heterocycles. The van der Waals surface area contributed by atoms with E-state index in [2.05, 4.69) is 20.4 Å². The predicted molar refractivity (Wildman–Crippen MR) is 119 cm³/mol. The molecular weight excluding hydrogens is 392 g/mol. The topological polar surface area (TPSA) is 80.5 Å². The van der Waals surface area contributed by atoms with Gasteiger partial charge in [-0.15, -0.1) is 0 Å². The molecule has 1 aromatic heterocycles. The van der Waals surface area contributed by atoms with E-state index >= 15 is 0 Å². The molecule has 1 saturated carbocycles. The number of ether oxygens (including phenoxy) is 1. The molecule has 1 atom stereocenters. The lowest BCUT2D eigenvalue weighted by atomic mass is 10.1. The number of aryl methyl sites for hydroxylation is 1. The molecule has 0 bridgehead atoms. The van der Waals surface area contributed by atoms with Crippen molar-refractivity contribution in [2.24, 2.45) is 0 Å². The number of rotatable bonds is 8. The first-order chi connectivity index (χ1) is 15.2. The third-order valence-electron chi connectivity index (χ3n) is 6.54. The maximum absolute atomic E-state index is 12.4. The Kier molecular flexibility index (Phi) is 7.57. The van der Waals surface area contributed by atoms with Crippen molar-refractivity contribution in [1.82, 2.24) is 20.4 Å². The number of methoxy groups -OCH3 is 1. The number of amides is 1. The summed E-state index contributed by atoms with van der Waals surface area (Å²) in [5, 5.41) is 7.28. The molecule has 1 unspecified atom stereocenters. The highest BCUT2D eigenvalue weighted by molar-refractivity contribution is 5.76. The minimum absolute atomic E-state index is 0.127. The number of benzene rings is 1. The van der Waals surface area contributed by atoms with E-state index in [1.807, 2.05) is 24.3 Å². The van der Waals surface area contributed by atoms with Crippen LogP contribution < -0.4 is 10.1 Å². The molecule has 4 rings (SSSR count). The molecule has 1 aliphatic carbocycles. The minimum atomic E-state index is 0.127. The molecule has 7 heteroatoms. The first-order valence-corrected chi connectivity index (χ1v) is 11.7. The molecule has 1 aliphatic heterocycles. The van der Waals surface area contributed by atoms with Gasteiger partial charge in [0.2, 0.25) is 17.6 Å². The van der Waals surface area contributed by atoms with E-state index < -0.39 is 0 Å². The van der Waals surface area contributed by atoms with E-state index in [9.17, 15) is 4.79 Å². The number of aromatic nitrogens is 2. The highest BCUT2D eigenvalue weighted by Gasteiger charge is 2.29. The maximum atomic E-state index is 12.4. The van der Waals surface area contributed by atoms with Gasteiger partial charge in [0.15, 0.2) is 0 Å². The zero-order chi connectivity index (χ0) is 21.5. The summed E-state index contributed by atoms with van der Waals surface area (Å²) in [6, 6.07) is 8.57. The second kappa shape index (κ2) is 10.8. The number of carbonyl (C=O) groups excluding carboxylic acids is 1. The van der Waals surface area contributed by atoms with Crippen molar-refractivity contribution >= 4 is 5.91 Å². The molecule has 0 spiro atoms. The van der Waals surface area contributed by atoms with Gasteiger partial charge in [-0.05, 0) is 49.9 Å². The third kappa shape index (κ3) is 6.06. The van der Waals surface area contributed by atoms with Crippen LogP contribution in [-0.2, 0) is 11.2 Å². The van der Waals surface area contributed by atoms with Crippen LogP contribution in [-0.4, -0.2) is 53.2 Å². The van der Waals surface area contributed by atoms with Crippen LogP contribution in [0, 0.1) is 0 Å². The molecule has 0 radical (unpaired) electrons. The van der Waals surface area contributed by atoms with Gasteiger partial charge in [-0.1, -0.05) is 30.8 Å². The van der Waals surface area contributed by atoms with E-state index in [1.54, 1.807) is 7.11 Å². The SMILES string of the molecule is COc1ccc(-c2noc(CCCC(=O)NC3CCN(C4CCCCCC4)C3)n2)cc1. The van der Waals surface area contributed by atoms with E-state index in [0.29, 0.717) is 37.0 Å². The summed E-state index contributed by atoms with van der Waals surface area (Å²) in [5.41, 5.74) is 0.882. The Balaban J connectivity index is 1.17. The molecule has 1 aromatic carbocycles. The van der Waals surface area contributed by atoms with Gasteiger partial charge in [-0.2, -0.15) is 4.98 Å². The third-order valence-corrected chi connectivity index (χ3v) is 6.54. The Hall–Kier alpha value is -2.41. The van der Waals surface area contributed by atoms with Crippen molar-refractivity contribution in [2.75, 3.05) is 20.2 Å². The summed E-state index contributed by atoms with van der Waals surface area (Å²) >= 11 is 0. The fraction of sp³-hybridized carbons (Fsp3) is 0.625. The summed E-state index contributed by atoms with van der Waals surface area (Å²) in [7, 11) is 1.64. The molecule has 2 aliphatic rings. The molecule has 7 nitrogen and oxygen atoms in total. The average Bonchev–Trinajstić information content (AvgIpc) is 3.36. The molecule has 168 valence electrons. The van der Waals surface area contributed by atoms with Gasteiger partial charge < -0.3 is 14.6 Å². The van der Waals surface area contributed by atoms with E-state index in [0.717, 1.165) is 36.9 Å². The zero-order valence-corrected chi connectivity index (χ0v) is 18.5. The monoisotopic (exact) mass is 426 g/mol. The second-order valence-corrected chi connectivity index (χ2v) is 8.79. The molecule has 1 saturated heterocycles. The number of nitrogens with one attached hydrogen (secondary N) is 1. The molecule has 1 N–H and O–H groups in total. The summed E-state index contributed by atoms with van der Waals surface area (Å²) in [6.45, 7) is 2.12. The van der Waals surface area contributed by atoms with Crippen molar-refractivity contribution < 1.29 is 14.1 Å². The van der Waals surface area contributed by atoms with Crippen LogP contribution in [0.4, 0.5) is 0 Å². The first-order valence-electron chi connectivity index (χ1n) is 11.7. The van der Waals surface area contributed by atoms with Crippen molar-refractivity contribution in [3.63, 3.8) is 0 Å². The van der Waals surface area contributed by atoms with Gasteiger partial charge in [0.25, 0.3) is 0 Å². The Morgan fingerprint density at radius 2 is 1.94 bits per heavy atom. The Morgan fingerprint density at radius 1 is 1.16 bits per heavy atom. The normalized spacial score (nSPS) is 20.5. The van der Waals surface area contributed by atoms with Gasteiger partial charge in [-0.3, -0.25) is 9.69 Å². The predicted octanol–water partition coefficient (Wildman–Crippen LogP) is 3.98. The zero-order valence-electron chi connectivity index (χ0n) is 18.5. The van der Waals surface area contributed by atoms with Crippen LogP contribution in [0.1, 0.15) is 63.7 Å². The van der Waals surface area contributed by atoms with Crippen LogP contribution in [0.15, 0.2) is 28.8 Å².